The quantitative estimate of drug-likeness (QED) is 0.278. The normalized spacial score (nSPS) is 19.1. The van der Waals surface area contributed by atoms with Crippen LogP contribution < -0.4 is 4.74 Å². The first-order valence-electron chi connectivity index (χ1n) is 13.4. The average Bonchev–Trinajstić information content (AvgIpc) is 3.26. The lowest BCUT2D eigenvalue weighted by Gasteiger charge is -2.28. The number of pyridine rings is 1. The molecule has 1 saturated heterocycles. The van der Waals surface area contributed by atoms with Crippen molar-refractivity contribution in [3.63, 3.8) is 0 Å². The molecule has 1 aromatic carbocycles. The first-order valence-corrected chi connectivity index (χ1v) is 13.7. The van der Waals surface area contributed by atoms with Crippen LogP contribution in [0.2, 0.25) is 5.02 Å². The van der Waals surface area contributed by atoms with Gasteiger partial charge in [0.15, 0.2) is 11.9 Å². The number of nitrogens with zero attached hydrogens (tertiary/aromatic N) is 5. The highest BCUT2D eigenvalue weighted by molar-refractivity contribution is 6.30. The number of rotatable bonds is 9. The molecule has 11 heteroatoms. The van der Waals surface area contributed by atoms with Crippen LogP contribution in [0.5, 0.6) is 6.01 Å². The Morgan fingerprint density at radius 1 is 1.12 bits per heavy atom. The van der Waals surface area contributed by atoms with Crippen LogP contribution in [0.3, 0.4) is 0 Å². The number of imidazole rings is 1. The van der Waals surface area contributed by atoms with E-state index < -0.39 is 12.1 Å². The van der Waals surface area contributed by atoms with Crippen LogP contribution in [-0.2, 0) is 24.3 Å². The van der Waals surface area contributed by atoms with E-state index in [1.165, 1.54) is 6.07 Å². The van der Waals surface area contributed by atoms with Crippen LogP contribution in [-0.4, -0.2) is 47.4 Å². The van der Waals surface area contributed by atoms with E-state index in [0.29, 0.717) is 28.7 Å². The molecule has 0 spiro atoms. The van der Waals surface area contributed by atoms with Crippen LogP contribution in [0.4, 0.5) is 4.39 Å². The van der Waals surface area contributed by atoms with Gasteiger partial charge in [-0.2, -0.15) is 4.98 Å². The number of hydrogen-bond acceptors (Lipinski definition) is 8. The number of fused-ring (bicyclic) bond motifs is 1. The Balaban J connectivity index is 1.14. The maximum Gasteiger partial charge on any atom is 0.317 e. The van der Waals surface area contributed by atoms with Gasteiger partial charge in [-0.1, -0.05) is 23.7 Å². The zero-order chi connectivity index (χ0) is 27.6. The smallest absolute Gasteiger partial charge is 0.317 e. The van der Waals surface area contributed by atoms with Gasteiger partial charge in [-0.05, 0) is 67.5 Å². The molecule has 2 aliphatic rings. The molecule has 6 rings (SSSR count). The number of aromatic nitrogens is 5. The molecule has 40 heavy (non-hydrogen) atoms. The monoisotopic (exact) mass is 565 g/mol. The maximum atomic E-state index is 14.1. The van der Waals surface area contributed by atoms with Gasteiger partial charge in [0.2, 0.25) is 0 Å². The summed E-state index contributed by atoms with van der Waals surface area (Å²) in [5, 5.41) is 19.6. The summed E-state index contributed by atoms with van der Waals surface area (Å²) < 4.78 is 27.5. The number of aliphatic hydroxyl groups is 2. The molecule has 1 unspecified atom stereocenters. The van der Waals surface area contributed by atoms with Crippen molar-refractivity contribution in [2.24, 2.45) is 5.92 Å². The largest absolute Gasteiger partial charge is 0.458 e. The van der Waals surface area contributed by atoms with Gasteiger partial charge in [0.05, 0.1) is 24.0 Å². The lowest BCUT2D eigenvalue weighted by molar-refractivity contribution is -0.0592. The number of benzene rings is 1. The molecule has 9 nitrogen and oxygen atoms in total. The van der Waals surface area contributed by atoms with E-state index in [0.717, 1.165) is 61.3 Å². The minimum atomic E-state index is -1.63. The highest BCUT2D eigenvalue weighted by Gasteiger charge is 2.25. The van der Waals surface area contributed by atoms with Crippen molar-refractivity contribution < 1.29 is 24.1 Å². The Labute approximate surface area is 235 Å². The first kappa shape index (κ1) is 26.8. The molecule has 3 aromatic heterocycles. The fourth-order valence-electron chi connectivity index (χ4n) is 5.12. The van der Waals surface area contributed by atoms with Crippen molar-refractivity contribution in [1.82, 2.24) is 24.5 Å². The summed E-state index contributed by atoms with van der Waals surface area (Å²) >= 11 is 5.83. The van der Waals surface area contributed by atoms with E-state index in [9.17, 15) is 14.6 Å². The van der Waals surface area contributed by atoms with Crippen LogP contribution in [0, 0.1) is 11.7 Å². The van der Waals surface area contributed by atoms with E-state index in [1.807, 2.05) is 6.07 Å². The third-order valence-electron chi connectivity index (χ3n) is 7.46. The van der Waals surface area contributed by atoms with E-state index >= 15 is 0 Å². The molecule has 0 bridgehead atoms. The molecule has 4 aromatic rings. The topological polar surface area (TPSA) is 115 Å². The van der Waals surface area contributed by atoms with E-state index in [4.69, 9.17) is 26.1 Å². The first-order chi connectivity index (χ1) is 19.4. The molecule has 2 atom stereocenters. The van der Waals surface area contributed by atoms with Crippen LogP contribution in [0.15, 0.2) is 48.7 Å². The van der Waals surface area contributed by atoms with Gasteiger partial charge in [-0.3, -0.25) is 0 Å². The Morgan fingerprint density at radius 2 is 2.00 bits per heavy atom. The van der Waals surface area contributed by atoms with E-state index in [-0.39, 0.29) is 24.4 Å². The molecule has 0 amide bonds. The Bertz CT molecular complexity index is 1550. The summed E-state index contributed by atoms with van der Waals surface area (Å²) in [6.45, 7) is 1.40. The number of allylic oxidation sites excluding steroid dienone is 2. The predicted molar refractivity (Wildman–Crippen MR) is 146 cm³/mol. The summed E-state index contributed by atoms with van der Waals surface area (Å²) in [5.41, 5.74) is 3.89. The highest BCUT2D eigenvalue weighted by Crippen LogP contribution is 2.33. The summed E-state index contributed by atoms with van der Waals surface area (Å²) in [6, 6.07) is 9.89. The second-order valence-electron chi connectivity index (χ2n) is 10.2. The average molecular weight is 566 g/mol. The van der Waals surface area contributed by atoms with Crippen LogP contribution >= 0.6 is 11.6 Å². The fourth-order valence-corrected chi connectivity index (χ4v) is 5.28. The van der Waals surface area contributed by atoms with Crippen molar-refractivity contribution in [3.8, 4) is 6.01 Å². The molecule has 2 N–H and O–H groups in total. The van der Waals surface area contributed by atoms with Gasteiger partial charge in [0.25, 0.3) is 0 Å². The number of halogens is 2. The minimum Gasteiger partial charge on any atom is -0.458 e. The van der Waals surface area contributed by atoms with Gasteiger partial charge < -0.3 is 24.3 Å². The van der Waals surface area contributed by atoms with Gasteiger partial charge in [0.1, 0.15) is 23.8 Å². The Kier molecular flexibility index (Phi) is 7.75. The minimum absolute atomic E-state index is 0.00803. The van der Waals surface area contributed by atoms with Gasteiger partial charge >= 0.3 is 6.01 Å². The van der Waals surface area contributed by atoms with Crippen molar-refractivity contribution in [3.05, 3.63) is 82.3 Å². The number of ether oxygens (including phenoxy) is 2. The summed E-state index contributed by atoms with van der Waals surface area (Å²) in [4.78, 5) is 18.1. The summed E-state index contributed by atoms with van der Waals surface area (Å²) in [6.07, 6.45) is 6.76. The van der Waals surface area contributed by atoms with Crippen molar-refractivity contribution in [2.45, 2.75) is 57.6 Å². The van der Waals surface area contributed by atoms with Crippen molar-refractivity contribution in [1.29, 1.82) is 0 Å². The van der Waals surface area contributed by atoms with Gasteiger partial charge in [-0.25, -0.2) is 19.3 Å². The second kappa shape index (κ2) is 11.6. The van der Waals surface area contributed by atoms with E-state index in [1.54, 1.807) is 30.5 Å². The van der Waals surface area contributed by atoms with Crippen LogP contribution in [0.1, 0.15) is 54.7 Å². The Hall–Kier alpha value is -3.44. The maximum absolute atomic E-state index is 14.1. The Morgan fingerprint density at radius 3 is 2.73 bits per heavy atom. The molecular formula is C29H29ClFN5O4. The lowest BCUT2D eigenvalue weighted by atomic mass is 9.86. The van der Waals surface area contributed by atoms with Gasteiger partial charge in [0, 0.05) is 29.8 Å². The number of aliphatic hydroxyl groups excluding tert-OH is 1. The molecular weight excluding hydrogens is 537 g/mol. The number of hydrogen-bond donors (Lipinski definition) is 2. The van der Waals surface area contributed by atoms with Crippen molar-refractivity contribution >= 4 is 28.3 Å². The predicted octanol–water partition coefficient (Wildman–Crippen LogP) is 4.79. The van der Waals surface area contributed by atoms with Crippen LogP contribution in [0.25, 0.3) is 16.7 Å². The zero-order valence-corrected chi connectivity index (χ0v) is 22.5. The van der Waals surface area contributed by atoms with Gasteiger partial charge in [-0.15, -0.1) is 0 Å². The van der Waals surface area contributed by atoms with E-state index in [2.05, 4.69) is 25.6 Å². The molecule has 208 valence electrons. The zero-order valence-electron chi connectivity index (χ0n) is 21.7. The summed E-state index contributed by atoms with van der Waals surface area (Å²) in [5.74, 6) is 0.882. The molecule has 1 aliphatic heterocycles. The second-order valence-corrected chi connectivity index (χ2v) is 10.6. The fraction of sp³-hybridized carbons (Fsp3) is 0.379. The van der Waals surface area contributed by atoms with Crippen molar-refractivity contribution in [2.75, 3.05) is 6.61 Å². The SMILES string of the molecule is OC(O)c1ccc2nc(CC3CC=C(c4ccnc(OCc5ccc(Cl)cc5F)n4)CC3)n(C[C@@H]3CCO3)c2n1. The lowest BCUT2D eigenvalue weighted by Crippen LogP contribution is -2.32. The summed E-state index contributed by atoms with van der Waals surface area (Å²) in [7, 11) is 0. The molecule has 1 aliphatic carbocycles. The molecule has 0 radical (unpaired) electrons. The molecule has 0 saturated carbocycles. The third-order valence-corrected chi connectivity index (χ3v) is 7.70. The molecule has 1 fully saturated rings. The highest BCUT2D eigenvalue weighted by atomic mass is 35.5. The molecule has 4 heterocycles. The third kappa shape index (κ3) is 5.85. The standard InChI is InChI=1S/C29H29ClFN5O4/c30-20-6-5-19(22(31)14-20)16-40-29-32-11-9-23(35-29)18-3-1-17(2-4-18)13-26-33-24-7-8-25(28(37)38)34-27(24)36(26)15-21-10-12-39-21/h3,5-9,11,14,17,21,28,37-38H,1-2,4,10,12-13,15-16H2/t17?,21-/m0/s1.